The van der Waals surface area contributed by atoms with Crippen molar-refractivity contribution in [2.75, 3.05) is 36.8 Å². The van der Waals surface area contributed by atoms with E-state index in [0.717, 1.165) is 59.1 Å². The fourth-order valence-corrected chi connectivity index (χ4v) is 9.78. The van der Waals surface area contributed by atoms with Crippen LogP contribution in [0.2, 0.25) is 0 Å². The zero-order valence-corrected chi connectivity index (χ0v) is 46.0. The van der Waals surface area contributed by atoms with Gasteiger partial charge in [-0.25, -0.2) is 19.6 Å². The number of para-hydroxylation sites is 2. The summed E-state index contributed by atoms with van der Waals surface area (Å²) in [5, 5.41) is 37.9. The first kappa shape index (κ1) is 56.3. The Morgan fingerprint density at radius 3 is 1.43 bits per heavy atom. The molecule has 0 bridgehead atoms. The smallest absolute Gasteiger partial charge is 0.410 e. The maximum absolute atomic E-state index is 13.0. The van der Waals surface area contributed by atoms with Gasteiger partial charge in [-0.1, -0.05) is 115 Å². The minimum Gasteiger partial charge on any atom is -0.507 e. The Labute approximate surface area is 464 Å². The molecule has 0 spiro atoms. The molecule has 2 fully saturated rings. The number of nitrogens with zero attached hydrogens (tertiary/aromatic N) is 6. The summed E-state index contributed by atoms with van der Waals surface area (Å²) < 4.78 is 17.6. The van der Waals surface area contributed by atoms with Crippen molar-refractivity contribution in [3.63, 3.8) is 0 Å². The van der Waals surface area contributed by atoms with E-state index in [1.165, 1.54) is 0 Å². The second-order valence-electron chi connectivity index (χ2n) is 21.9. The number of hydrogen-bond acceptors (Lipinski definition) is 12. The van der Waals surface area contributed by atoms with Crippen molar-refractivity contribution in [1.82, 2.24) is 19.8 Å². The number of aromatic hydroxyl groups is 1. The third-order valence-corrected chi connectivity index (χ3v) is 13.5. The van der Waals surface area contributed by atoms with Crippen molar-refractivity contribution in [3.05, 3.63) is 191 Å². The minimum absolute atomic E-state index is 0.0488. The highest BCUT2D eigenvalue weighted by Gasteiger charge is 2.33. The van der Waals surface area contributed by atoms with Crippen LogP contribution in [0.15, 0.2) is 152 Å². The van der Waals surface area contributed by atoms with E-state index in [9.17, 15) is 25.2 Å². The Morgan fingerprint density at radius 1 is 0.582 bits per heavy atom. The van der Waals surface area contributed by atoms with Gasteiger partial charge in [0.05, 0.1) is 22.5 Å². The van der Waals surface area contributed by atoms with Crippen molar-refractivity contribution in [3.8, 4) is 46.2 Å². The molecule has 2 aliphatic heterocycles. The number of carbonyl (C=O) groups excluding carboxylic acids is 2. The van der Waals surface area contributed by atoms with Crippen LogP contribution in [0.4, 0.5) is 21.2 Å². The van der Waals surface area contributed by atoms with Gasteiger partial charge >= 0.3 is 12.2 Å². The summed E-state index contributed by atoms with van der Waals surface area (Å²) in [4.78, 5) is 39.0. The minimum atomic E-state index is -0.580. The van der Waals surface area contributed by atoms with Gasteiger partial charge in [0.2, 0.25) is 0 Å². The number of phenolic OH excluding ortho intramolecular Hbond substituents is 1. The van der Waals surface area contributed by atoms with Crippen LogP contribution >= 0.6 is 0 Å². The molecule has 14 heteroatoms. The third kappa shape index (κ3) is 15.4. The first-order chi connectivity index (χ1) is 38.1. The predicted molar refractivity (Wildman–Crippen MR) is 308 cm³/mol. The lowest BCUT2D eigenvalue weighted by Crippen LogP contribution is -2.42. The summed E-state index contributed by atoms with van der Waals surface area (Å²) in [6.07, 6.45) is 2.62. The van der Waals surface area contributed by atoms with Gasteiger partial charge in [0.1, 0.15) is 53.1 Å². The fourth-order valence-electron chi connectivity index (χ4n) is 9.78. The third-order valence-electron chi connectivity index (χ3n) is 13.5. The number of aromatic nitrogens is 2. The Hall–Kier alpha value is -8.88. The van der Waals surface area contributed by atoms with E-state index in [1.54, 1.807) is 21.9 Å². The second-order valence-corrected chi connectivity index (χ2v) is 21.9. The molecule has 2 aliphatic rings. The first-order valence-corrected chi connectivity index (χ1v) is 27.0. The SMILES string of the molecule is CC(C)(C)OC(=O)N1CCCC(c2cc(-c3ccccc3O)nc(NCc3ccccc3)c2C#N)C1.CC(C)(C)OC(=O)N1CCCC(c2cc(-c3ccccc3OCc3ccccc3)nc(NCc3ccccc3)c2C#N)C1. The molecular formula is C65H70N8O6. The number of rotatable bonds is 13. The number of piperidine rings is 2. The molecule has 0 aliphatic carbocycles. The zero-order chi connectivity index (χ0) is 55.9. The second kappa shape index (κ2) is 26.0. The number of carbonyl (C=O) groups is 2. The van der Waals surface area contributed by atoms with Crippen LogP contribution in [0.25, 0.3) is 22.5 Å². The predicted octanol–water partition coefficient (Wildman–Crippen LogP) is 14.0. The van der Waals surface area contributed by atoms with Gasteiger partial charge in [-0.3, -0.25) is 0 Å². The summed E-state index contributed by atoms with van der Waals surface area (Å²) in [6, 6.07) is 53.5. The lowest BCUT2D eigenvalue weighted by Gasteiger charge is -2.35. The molecule has 2 unspecified atom stereocenters. The average Bonchev–Trinajstić information content (AvgIpc) is 3.50. The first-order valence-electron chi connectivity index (χ1n) is 27.0. The molecule has 0 saturated carbocycles. The molecule has 2 amide bonds. The number of phenols is 1. The Bertz CT molecular complexity index is 3270. The molecule has 4 heterocycles. The topological polar surface area (TPSA) is 186 Å². The van der Waals surface area contributed by atoms with E-state index < -0.39 is 11.2 Å². The van der Waals surface area contributed by atoms with Crippen LogP contribution in [0.5, 0.6) is 11.5 Å². The summed E-state index contributed by atoms with van der Waals surface area (Å²) in [5.41, 5.74) is 7.41. The van der Waals surface area contributed by atoms with Crippen LogP contribution in [0.3, 0.4) is 0 Å². The van der Waals surface area contributed by atoms with Crippen molar-refractivity contribution in [1.29, 1.82) is 10.5 Å². The summed E-state index contributed by atoms with van der Waals surface area (Å²) >= 11 is 0. The highest BCUT2D eigenvalue weighted by atomic mass is 16.6. The highest BCUT2D eigenvalue weighted by Crippen LogP contribution is 2.40. The van der Waals surface area contributed by atoms with Crippen LogP contribution in [-0.4, -0.2) is 74.4 Å². The standard InChI is InChI=1S/C36H38N4O3.C29H32N4O3/c1-36(2,3)43-35(41)40-20-12-17-28(24-40)30-21-32(39-34(31(30)22-37)38-23-26-13-6-4-7-14-26)29-18-10-11-19-33(29)42-25-27-15-8-5-9-16-27;1-29(2,3)36-28(35)33-15-9-12-21(19-33)23-16-25(22-13-7-8-14-26(22)34)32-27(24(23)17-30)31-18-20-10-5-4-6-11-20/h4-11,13-16,18-19,21,28H,12,17,20,23-25H2,1-3H3,(H,38,39);4-8,10-11,13-14,16,21,34H,9,12,15,18-19H2,1-3H3,(H,31,32). The lowest BCUT2D eigenvalue weighted by atomic mass is 9.87. The molecule has 3 N–H and O–H groups in total. The summed E-state index contributed by atoms with van der Waals surface area (Å²) in [6.45, 7) is 14.8. The highest BCUT2D eigenvalue weighted by molar-refractivity contribution is 5.75. The number of amides is 2. The number of likely N-dealkylation sites (tertiary alicyclic amines) is 2. The molecule has 14 nitrogen and oxygen atoms in total. The quantitative estimate of drug-likeness (QED) is 0.0994. The molecular weight excluding hydrogens is 989 g/mol. The average molecular weight is 1060 g/mol. The van der Waals surface area contributed by atoms with E-state index in [-0.39, 0.29) is 29.8 Å². The number of hydrogen-bond donors (Lipinski definition) is 3. The fraction of sp³-hybridized carbons (Fsp3) is 0.323. The Balaban J connectivity index is 0.000000211. The number of benzene rings is 5. The summed E-state index contributed by atoms with van der Waals surface area (Å²) in [5.74, 6) is 1.70. The number of anilines is 2. The zero-order valence-electron chi connectivity index (χ0n) is 46.0. The Morgan fingerprint density at radius 2 is 0.987 bits per heavy atom. The molecule has 0 radical (unpaired) electrons. The van der Waals surface area contributed by atoms with Gasteiger partial charge in [-0.2, -0.15) is 10.5 Å². The Kier molecular flexibility index (Phi) is 18.5. The number of pyridine rings is 2. The molecule has 9 rings (SSSR count). The molecule has 79 heavy (non-hydrogen) atoms. The van der Waals surface area contributed by atoms with Crippen LogP contribution in [-0.2, 0) is 29.2 Å². The maximum atomic E-state index is 13.0. The monoisotopic (exact) mass is 1060 g/mol. The van der Waals surface area contributed by atoms with Gasteiger partial charge in [-0.15, -0.1) is 0 Å². The van der Waals surface area contributed by atoms with Gasteiger partial charge < -0.3 is 39.8 Å². The largest absolute Gasteiger partial charge is 0.507 e. The van der Waals surface area contributed by atoms with Crippen molar-refractivity contribution in [2.24, 2.45) is 0 Å². The lowest BCUT2D eigenvalue weighted by molar-refractivity contribution is 0.0188. The number of nitriles is 2. The van der Waals surface area contributed by atoms with Gasteiger partial charge in [0.15, 0.2) is 0 Å². The number of nitrogens with one attached hydrogen (secondary N) is 2. The molecule has 2 atom stereocenters. The van der Waals surface area contributed by atoms with E-state index in [2.05, 4.69) is 22.8 Å². The molecule has 5 aromatic carbocycles. The molecule has 406 valence electrons. The molecule has 2 aromatic heterocycles. The van der Waals surface area contributed by atoms with Crippen LogP contribution < -0.4 is 15.4 Å². The van der Waals surface area contributed by atoms with E-state index in [4.69, 9.17) is 24.2 Å². The van der Waals surface area contributed by atoms with E-state index in [1.807, 2.05) is 181 Å². The number of ether oxygens (including phenoxy) is 3. The van der Waals surface area contributed by atoms with Crippen molar-refractivity contribution in [2.45, 2.75) is 110 Å². The van der Waals surface area contributed by atoms with Crippen LogP contribution in [0.1, 0.15) is 118 Å². The molecule has 7 aromatic rings. The van der Waals surface area contributed by atoms with Crippen molar-refractivity contribution >= 4 is 23.8 Å². The van der Waals surface area contributed by atoms with Gasteiger partial charge in [0, 0.05) is 62.2 Å². The van der Waals surface area contributed by atoms with Gasteiger partial charge in [-0.05, 0) is 131 Å². The normalized spacial score (nSPS) is 15.3. The van der Waals surface area contributed by atoms with Gasteiger partial charge in [0.25, 0.3) is 0 Å². The van der Waals surface area contributed by atoms with E-state index in [0.29, 0.717) is 91.3 Å². The van der Waals surface area contributed by atoms with Crippen LogP contribution in [0, 0.1) is 22.7 Å². The molecule has 2 saturated heterocycles. The maximum Gasteiger partial charge on any atom is 0.410 e. The summed E-state index contributed by atoms with van der Waals surface area (Å²) in [7, 11) is 0. The van der Waals surface area contributed by atoms with Crippen molar-refractivity contribution < 1.29 is 28.9 Å². The van der Waals surface area contributed by atoms with E-state index >= 15 is 0 Å².